The first-order chi connectivity index (χ1) is 17.7. The van der Waals surface area contributed by atoms with E-state index in [0.29, 0.717) is 17.2 Å². The minimum Gasteiger partial charge on any atom is -0.353 e. The molecule has 0 saturated carbocycles. The van der Waals surface area contributed by atoms with Gasteiger partial charge in [0.15, 0.2) is 5.13 Å². The SMILES string of the molecule is O=S(=O)(O)Nc1ccc(C[C@H](Nc2nc(-c3ccc(F)cc3F)cs2)c2csc(-c3cccs3)n2)cc1. The lowest BCUT2D eigenvalue weighted by Crippen LogP contribution is -2.14. The predicted octanol–water partition coefficient (Wildman–Crippen LogP) is 6.88. The summed E-state index contributed by atoms with van der Waals surface area (Å²) in [5.41, 5.74) is 2.50. The molecular formula is C24H18F2N4O3S4. The minimum absolute atomic E-state index is 0.206. The quantitative estimate of drug-likeness (QED) is 0.165. The highest BCUT2D eigenvalue weighted by atomic mass is 32.2. The Morgan fingerprint density at radius 3 is 2.49 bits per heavy atom. The second-order valence-corrected chi connectivity index (χ2v) is 11.7. The van der Waals surface area contributed by atoms with Gasteiger partial charge < -0.3 is 5.32 Å². The van der Waals surface area contributed by atoms with E-state index in [2.05, 4.69) is 10.3 Å². The van der Waals surface area contributed by atoms with Crippen LogP contribution in [0.2, 0.25) is 0 Å². The largest absolute Gasteiger partial charge is 0.357 e. The number of nitrogens with one attached hydrogen (secondary N) is 2. The molecule has 190 valence electrons. The number of hydrogen-bond acceptors (Lipinski definition) is 8. The molecule has 0 radical (unpaired) electrons. The van der Waals surface area contributed by atoms with Gasteiger partial charge in [-0.05, 0) is 47.7 Å². The Kier molecular flexibility index (Phi) is 7.31. The van der Waals surface area contributed by atoms with Crippen LogP contribution in [0.5, 0.6) is 0 Å². The summed E-state index contributed by atoms with van der Waals surface area (Å²) in [6.07, 6.45) is 0.486. The van der Waals surface area contributed by atoms with E-state index < -0.39 is 21.9 Å². The number of hydrogen-bond donors (Lipinski definition) is 3. The van der Waals surface area contributed by atoms with Crippen molar-refractivity contribution in [2.24, 2.45) is 0 Å². The normalized spacial score (nSPS) is 12.4. The Labute approximate surface area is 223 Å². The van der Waals surface area contributed by atoms with Crippen molar-refractivity contribution in [2.75, 3.05) is 10.0 Å². The van der Waals surface area contributed by atoms with E-state index in [-0.39, 0.29) is 17.3 Å². The molecule has 13 heteroatoms. The Hall–Kier alpha value is -3.23. The molecule has 0 unspecified atom stereocenters. The lowest BCUT2D eigenvalue weighted by molar-refractivity contribution is 0.489. The van der Waals surface area contributed by atoms with Gasteiger partial charge in [-0.1, -0.05) is 18.2 Å². The van der Waals surface area contributed by atoms with E-state index in [0.717, 1.165) is 27.2 Å². The number of anilines is 2. The number of aromatic nitrogens is 2. The molecule has 0 saturated heterocycles. The molecule has 1 atom stereocenters. The number of rotatable bonds is 9. The highest BCUT2D eigenvalue weighted by molar-refractivity contribution is 7.87. The summed E-state index contributed by atoms with van der Waals surface area (Å²) in [5.74, 6) is -1.34. The number of thiazole rings is 2. The van der Waals surface area contributed by atoms with Crippen molar-refractivity contribution in [3.63, 3.8) is 0 Å². The Morgan fingerprint density at radius 2 is 1.78 bits per heavy atom. The second kappa shape index (κ2) is 10.6. The van der Waals surface area contributed by atoms with Gasteiger partial charge in [0.25, 0.3) is 0 Å². The maximum absolute atomic E-state index is 14.3. The van der Waals surface area contributed by atoms with E-state index >= 15 is 0 Å². The molecule has 0 amide bonds. The van der Waals surface area contributed by atoms with Crippen LogP contribution in [0.1, 0.15) is 17.3 Å². The zero-order chi connectivity index (χ0) is 26.0. The van der Waals surface area contributed by atoms with E-state index in [9.17, 15) is 17.2 Å². The van der Waals surface area contributed by atoms with Crippen LogP contribution in [0.25, 0.3) is 21.1 Å². The van der Waals surface area contributed by atoms with Crippen LogP contribution in [0, 0.1) is 11.6 Å². The van der Waals surface area contributed by atoms with Crippen LogP contribution < -0.4 is 10.0 Å². The molecule has 7 nitrogen and oxygen atoms in total. The maximum Gasteiger partial charge on any atom is 0.357 e. The van der Waals surface area contributed by atoms with E-state index in [1.54, 1.807) is 41.0 Å². The Morgan fingerprint density at radius 1 is 0.973 bits per heavy atom. The fourth-order valence-corrected chi connectivity index (χ4v) is 6.48. The van der Waals surface area contributed by atoms with Crippen molar-refractivity contribution in [3.05, 3.63) is 93.6 Å². The average molecular weight is 577 g/mol. The maximum atomic E-state index is 14.3. The number of nitrogens with zero attached hydrogens (tertiary/aromatic N) is 2. The molecule has 3 heterocycles. The molecular weight excluding hydrogens is 559 g/mol. The van der Waals surface area contributed by atoms with E-state index in [1.807, 2.05) is 27.6 Å². The van der Waals surface area contributed by atoms with Crippen LogP contribution in [-0.2, 0) is 16.7 Å². The van der Waals surface area contributed by atoms with Gasteiger partial charge in [0, 0.05) is 22.4 Å². The molecule has 0 spiro atoms. The van der Waals surface area contributed by atoms with Crippen molar-refractivity contribution in [1.82, 2.24) is 9.97 Å². The first-order valence-electron chi connectivity index (χ1n) is 10.7. The van der Waals surface area contributed by atoms with Crippen LogP contribution in [-0.4, -0.2) is 22.9 Å². The molecule has 0 bridgehead atoms. The second-order valence-electron chi connectivity index (χ2n) is 7.89. The summed E-state index contributed by atoms with van der Waals surface area (Å²) in [6.45, 7) is 0. The summed E-state index contributed by atoms with van der Waals surface area (Å²) in [5, 5.41) is 10.5. The standard InChI is InChI=1S/C24H18F2N4O3S4/c25-15-5-8-17(18(26)11-15)20-12-36-24(29-20)28-19(21-13-35-23(27-21)22-2-1-9-34-22)10-14-3-6-16(7-4-14)30-37(31,32)33/h1-9,11-13,19,30H,10H2,(H,28,29)(H,31,32,33)/t19-/m0/s1. The van der Waals surface area contributed by atoms with Gasteiger partial charge in [0.05, 0.1) is 28.0 Å². The monoisotopic (exact) mass is 576 g/mol. The van der Waals surface area contributed by atoms with Crippen LogP contribution in [0.15, 0.2) is 70.7 Å². The van der Waals surface area contributed by atoms with E-state index in [1.165, 1.54) is 34.8 Å². The molecule has 37 heavy (non-hydrogen) atoms. The smallest absolute Gasteiger partial charge is 0.353 e. The zero-order valence-electron chi connectivity index (χ0n) is 18.8. The highest BCUT2D eigenvalue weighted by Gasteiger charge is 2.20. The zero-order valence-corrected chi connectivity index (χ0v) is 22.0. The van der Waals surface area contributed by atoms with Crippen molar-refractivity contribution in [1.29, 1.82) is 0 Å². The third-order valence-corrected chi connectivity index (χ3v) is 8.43. The van der Waals surface area contributed by atoms with Crippen molar-refractivity contribution in [3.8, 4) is 21.1 Å². The van der Waals surface area contributed by atoms with Gasteiger partial charge >= 0.3 is 10.3 Å². The van der Waals surface area contributed by atoms with Crippen molar-refractivity contribution in [2.45, 2.75) is 12.5 Å². The molecule has 5 aromatic rings. The Bertz CT molecular complexity index is 1620. The molecule has 0 fully saturated rings. The van der Waals surface area contributed by atoms with Crippen molar-refractivity contribution >= 4 is 55.1 Å². The third-order valence-electron chi connectivity index (χ3n) is 5.26. The topological polar surface area (TPSA) is 104 Å². The molecule has 3 N–H and O–H groups in total. The van der Waals surface area contributed by atoms with Crippen LogP contribution in [0.3, 0.4) is 0 Å². The Balaban J connectivity index is 1.41. The fraction of sp³-hybridized carbons (Fsp3) is 0.0833. The van der Waals surface area contributed by atoms with Crippen molar-refractivity contribution < 1.29 is 21.8 Å². The number of benzene rings is 2. The first kappa shape index (κ1) is 25.4. The summed E-state index contributed by atoms with van der Waals surface area (Å²) in [4.78, 5) is 10.4. The molecule has 3 aromatic heterocycles. The summed E-state index contributed by atoms with van der Waals surface area (Å²) in [6, 6.07) is 13.6. The van der Waals surface area contributed by atoms with Gasteiger partial charge in [-0.2, -0.15) is 8.42 Å². The van der Waals surface area contributed by atoms with E-state index in [4.69, 9.17) is 9.54 Å². The van der Waals surface area contributed by atoms with Gasteiger partial charge in [-0.15, -0.1) is 34.0 Å². The van der Waals surface area contributed by atoms with Crippen LogP contribution >= 0.6 is 34.0 Å². The molecule has 2 aromatic carbocycles. The van der Waals surface area contributed by atoms with Crippen LogP contribution in [0.4, 0.5) is 19.6 Å². The molecule has 5 rings (SSSR count). The lowest BCUT2D eigenvalue weighted by Gasteiger charge is -2.17. The lowest BCUT2D eigenvalue weighted by atomic mass is 10.0. The molecule has 0 aliphatic heterocycles. The summed E-state index contributed by atoms with van der Waals surface area (Å²) < 4.78 is 60.8. The number of thiophene rings is 1. The average Bonchev–Trinajstić information content (AvgIpc) is 3.61. The highest BCUT2D eigenvalue weighted by Crippen LogP contribution is 2.34. The first-order valence-corrected chi connectivity index (χ1v) is 14.8. The minimum atomic E-state index is -4.37. The predicted molar refractivity (Wildman–Crippen MR) is 145 cm³/mol. The van der Waals surface area contributed by atoms with Gasteiger partial charge in [0.2, 0.25) is 0 Å². The third kappa shape index (κ3) is 6.37. The number of halogens is 2. The molecule has 0 aliphatic rings. The summed E-state index contributed by atoms with van der Waals surface area (Å²) >= 11 is 4.42. The fourth-order valence-electron chi connectivity index (χ4n) is 3.59. The molecule has 0 aliphatic carbocycles. The summed E-state index contributed by atoms with van der Waals surface area (Å²) in [7, 11) is -4.37. The van der Waals surface area contributed by atoms with Gasteiger partial charge in [-0.25, -0.2) is 18.7 Å². The van der Waals surface area contributed by atoms with Gasteiger partial charge in [0.1, 0.15) is 16.6 Å². The van der Waals surface area contributed by atoms with Gasteiger partial charge in [-0.3, -0.25) is 9.27 Å².